The predicted molar refractivity (Wildman–Crippen MR) is 158 cm³/mol. The van der Waals surface area contributed by atoms with Gasteiger partial charge in [-0.25, -0.2) is 0 Å². The number of carbonyl (C=O) groups is 3. The maximum absolute atomic E-state index is 13.5. The molecule has 0 saturated heterocycles. The van der Waals surface area contributed by atoms with Gasteiger partial charge >= 0.3 is 0 Å². The first-order valence-electron chi connectivity index (χ1n) is 12.5. The lowest BCUT2D eigenvalue weighted by atomic mass is 9.87. The maximum atomic E-state index is 13.5. The number of hydrogen-bond donors (Lipinski definition) is 3. The van der Waals surface area contributed by atoms with Gasteiger partial charge in [-0.2, -0.15) is 0 Å². The molecule has 0 aromatic heterocycles. The molecule has 0 saturated carbocycles. The van der Waals surface area contributed by atoms with E-state index in [0.29, 0.717) is 33.4 Å². The van der Waals surface area contributed by atoms with E-state index in [1.165, 1.54) is 11.8 Å². The standard InChI is InChI=1S/C28H31Cl2IN2O6/c1-17(35)5-4-8-26(36)33(16-18-9-10-20(29)21(30)13-18)23-14-19(28(38)32-11-12-34)15-25(27(23)37)39-24-7-3-2-6-22(24)31/h2-3,6-7,9-10,13,15,23,25,27,34,37H,4-5,8,11-12,14,16H2,1H3,(H,32,38)/t23-,25+,27+/m1/s1. The van der Waals surface area contributed by atoms with Crippen LogP contribution in [-0.2, 0) is 20.9 Å². The summed E-state index contributed by atoms with van der Waals surface area (Å²) in [6.07, 6.45) is 0.217. The van der Waals surface area contributed by atoms with Gasteiger partial charge in [-0.15, -0.1) is 0 Å². The number of halogens is 3. The smallest absolute Gasteiger partial charge is 0.247 e. The molecule has 0 radical (unpaired) electrons. The fraction of sp³-hybridized carbons (Fsp3) is 0.393. The Morgan fingerprint density at radius 3 is 2.54 bits per heavy atom. The van der Waals surface area contributed by atoms with Crippen LogP contribution in [0.5, 0.6) is 5.75 Å². The molecule has 8 nitrogen and oxygen atoms in total. The number of carbonyl (C=O) groups excluding carboxylic acids is 3. The SMILES string of the molecule is CC(=O)CCCC(=O)N(Cc1ccc(Cl)c(Cl)c1)[C@@H]1CC(C(=O)NCCO)=C[C@H](Oc2ccccc2I)[C@H]1O. The lowest BCUT2D eigenvalue weighted by molar-refractivity contribution is -0.139. The van der Waals surface area contributed by atoms with Crippen LogP contribution in [0.2, 0.25) is 10.0 Å². The number of amides is 2. The first-order chi connectivity index (χ1) is 18.6. The number of rotatable bonds is 12. The summed E-state index contributed by atoms with van der Waals surface area (Å²) in [5.41, 5.74) is 1.01. The van der Waals surface area contributed by atoms with Gasteiger partial charge < -0.3 is 30.0 Å². The van der Waals surface area contributed by atoms with E-state index in [4.69, 9.17) is 27.9 Å². The molecule has 2 aromatic rings. The summed E-state index contributed by atoms with van der Waals surface area (Å²) in [7, 11) is 0. The minimum absolute atomic E-state index is 0.0202. The summed E-state index contributed by atoms with van der Waals surface area (Å²) < 4.78 is 6.97. The number of hydrogen-bond acceptors (Lipinski definition) is 6. The molecular weight excluding hydrogens is 658 g/mol. The fourth-order valence-corrected chi connectivity index (χ4v) is 5.16. The average molecular weight is 689 g/mol. The second-order valence-corrected chi connectivity index (χ2v) is 11.2. The highest BCUT2D eigenvalue weighted by atomic mass is 127. The van der Waals surface area contributed by atoms with Crippen LogP contribution in [0.25, 0.3) is 0 Å². The molecule has 39 heavy (non-hydrogen) atoms. The molecule has 2 aromatic carbocycles. The highest BCUT2D eigenvalue weighted by Crippen LogP contribution is 2.31. The van der Waals surface area contributed by atoms with Crippen molar-refractivity contribution < 1.29 is 29.3 Å². The Bertz CT molecular complexity index is 1220. The van der Waals surface area contributed by atoms with Gasteiger partial charge in [0, 0.05) is 37.9 Å². The van der Waals surface area contributed by atoms with E-state index in [2.05, 4.69) is 27.9 Å². The molecule has 3 atom stereocenters. The molecule has 0 unspecified atom stereocenters. The monoisotopic (exact) mass is 688 g/mol. The van der Waals surface area contributed by atoms with Crippen LogP contribution in [0, 0.1) is 3.57 Å². The quantitative estimate of drug-likeness (QED) is 0.287. The fourth-order valence-electron chi connectivity index (χ4n) is 4.32. The number of nitrogens with zero attached hydrogens (tertiary/aromatic N) is 1. The molecule has 1 aliphatic rings. The maximum Gasteiger partial charge on any atom is 0.247 e. The number of ether oxygens (including phenoxy) is 1. The Balaban J connectivity index is 1.98. The van der Waals surface area contributed by atoms with E-state index < -0.39 is 24.2 Å². The molecule has 3 rings (SSSR count). The third-order valence-electron chi connectivity index (χ3n) is 6.29. The third kappa shape index (κ3) is 8.91. The Morgan fingerprint density at radius 1 is 1.13 bits per heavy atom. The number of aliphatic hydroxyl groups is 2. The van der Waals surface area contributed by atoms with Crippen LogP contribution >= 0.6 is 45.8 Å². The molecular formula is C28H31Cl2IN2O6. The lowest BCUT2D eigenvalue weighted by Crippen LogP contribution is -2.54. The van der Waals surface area contributed by atoms with Gasteiger partial charge in [0.05, 0.1) is 26.3 Å². The summed E-state index contributed by atoms with van der Waals surface area (Å²) in [4.78, 5) is 39.5. The first kappa shape index (κ1) is 31.3. The summed E-state index contributed by atoms with van der Waals surface area (Å²) in [5.74, 6) is -0.196. The number of benzene rings is 2. The van der Waals surface area contributed by atoms with Crippen LogP contribution in [0.3, 0.4) is 0 Å². The Hall–Kier alpha value is -2.18. The van der Waals surface area contributed by atoms with Crippen molar-refractivity contribution in [2.24, 2.45) is 0 Å². The summed E-state index contributed by atoms with van der Waals surface area (Å²) in [6.45, 7) is 1.39. The van der Waals surface area contributed by atoms with E-state index in [1.807, 2.05) is 12.1 Å². The minimum Gasteiger partial charge on any atom is -0.482 e. The van der Waals surface area contributed by atoms with E-state index in [1.54, 1.807) is 36.4 Å². The average Bonchev–Trinajstić information content (AvgIpc) is 2.90. The van der Waals surface area contributed by atoms with Gasteiger partial charge in [0.25, 0.3) is 0 Å². The number of para-hydroxylation sites is 1. The van der Waals surface area contributed by atoms with Gasteiger partial charge in [-0.3, -0.25) is 9.59 Å². The highest BCUT2D eigenvalue weighted by molar-refractivity contribution is 14.1. The van der Waals surface area contributed by atoms with Gasteiger partial charge in [-0.1, -0.05) is 41.4 Å². The lowest BCUT2D eigenvalue weighted by Gasteiger charge is -2.40. The van der Waals surface area contributed by atoms with Crippen molar-refractivity contribution in [2.45, 2.75) is 57.4 Å². The predicted octanol–water partition coefficient (Wildman–Crippen LogP) is 4.30. The van der Waals surface area contributed by atoms with Gasteiger partial charge in [0.2, 0.25) is 11.8 Å². The molecule has 1 aliphatic carbocycles. The van der Waals surface area contributed by atoms with Crippen LogP contribution in [0.4, 0.5) is 0 Å². The van der Waals surface area contributed by atoms with Gasteiger partial charge in [0.15, 0.2) is 0 Å². The summed E-state index contributed by atoms with van der Waals surface area (Å²) in [6, 6.07) is 11.5. The van der Waals surface area contributed by atoms with E-state index in [9.17, 15) is 24.6 Å². The molecule has 0 aliphatic heterocycles. The Labute approximate surface area is 251 Å². The third-order valence-corrected chi connectivity index (χ3v) is 7.92. The second-order valence-electron chi connectivity index (χ2n) is 9.27. The number of aliphatic hydroxyl groups excluding tert-OH is 2. The zero-order chi connectivity index (χ0) is 28.5. The molecule has 0 fully saturated rings. The zero-order valence-electron chi connectivity index (χ0n) is 21.4. The van der Waals surface area contributed by atoms with Crippen molar-refractivity contribution in [3.63, 3.8) is 0 Å². The summed E-state index contributed by atoms with van der Waals surface area (Å²) >= 11 is 14.4. The Kier molecular flexibility index (Phi) is 12.1. The van der Waals surface area contributed by atoms with Crippen molar-refractivity contribution in [1.82, 2.24) is 10.2 Å². The first-order valence-corrected chi connectivity index (χ1v) is 14.4. The largest absolute Gasteiger partial charge is 0.482 e. The van der Waals surface area contributed by atoms with Crippen molar-refractivity contribution >= 4 is 63.4 Å². The number of Topliss-reactive ketones (excluding diaryl/α,β-unsaturated/α-hetero) is 1. The van der Waals surface area contributed by atoms with Crippen molar-refractivity contribution in [3.8, 4) is 5.75 Å². The molecule has 0 spiro atoms. The van der Waals surface area contributed by atoms with Crippen LogP contribution in [0.1, 0.15) is 38.2 Å². The van der Waals surface area contributed by atoms with E-state index in [-0.39, 0.29) is 50.6 Å². The number of ketones is 1. The van der Waals surface area contributed by atoms with Crippen molar-refractivity contribution in [2.75, 3.05) is 13.2 Å². The molecule has 11 heteroatoms. The van der Waals surface area contributed by atoms with Crippen LogP contribution < -0.4 is 10.1 Å². The van der Waals surface area contributed by atoms with Gasteiger partial charge in [0.1, 0.15) is 23.7 Å². The van der Waals surface area contributed by atoms with E-state index >= 15 is 0 Å². The molecule has 3 N–H and O–H groups in total. The molecule has 210 valence electrons. The second kappa shape index (κ2) is 15.0. The Morgan fingerprint density at radius 2 is 1.87 bits per heavy atom. The van der Waals surface area contributed by atoms with E-state index in [0.717, 1.165) is 3.57 Å². The highest BCUT2D eigenvalue weighted by Gasteiger charge is 2.40. The van der Waals surface area contributed by atoms with Crippen LogP contribution in [-0.4, -0.2) is 64.1 Å². The normalized spacial score (nSPS) is 18.7. The topological polar surface area (TPSA) is 116 Å². The van der Waals surface area contributed by atoms with Crippen molar-refractivity contribution in [3.05, 3.63) is 73.3 Å². The van der Waals surface area contributed by atoms with Crippen LogP contribution in [0.15, 0.2) is 54.1 Å². The summed E-state index contributed by atoms with van der Waals surface area (Å²) in [5, 5.41) is 24.0. The molecule has 2 amide bonds. The zero-order valence-corrected chi connectivity index (χ0v) is 25.1. The minimum atomic E-state index is -1.17. The molecule has 0 bridgehead atoms. The molecule has 0 heterocycles. The van der Waals surface area contributed by atoms with Gasteiger partial charge in [-0.05, 0) is 71.8 Å². The van der Waals surface area contributed by atoms with Crippen molar-refractivity contribution in [1.29, 1.82) is 0 Å². The number of nitrogens with one attached hydrogen (secondary N) is 1.